The van der Waals surface area contributed by atoms with Crippen LogP contribution in [0.25, 0.3) is 10.4 Å². The first-order valence-corrected chi connectivity index (χ1v) is 10.4. The van der Waals surface area contributed by atoms with Crippen molar-refractivity contribution < 1.29 is 8.78 Å². The number of H-pyrrole nitrogens is 1. The zero-order valence-electron chi connectivity index (χ0n) is 16.5. The molecule has 10 heteroatoms. The number of aromatic amines is 1. The number of nitrogens with one attached hydrogen (secondary N) is 1. The fourth-order valence-corrected chi connectivity index (χ4v) is 4.15. The summed E-state index contributed by atoms with van der Waals surface area (Å²) in [6.45, 7) is 0.619. The van der Waals surface area contributed by atoms with Crippen LogP contribution in [0.4, 0.5) is 8.78 Å². The van der Waals surface area contributed by atoms with E-state index >= 15 is 0 Å². The zero-order chi connectivity index (χ0) is 21.8. The Labute approximate surface area is 180 Å². The van der Waals surface area contributed by atoms with Crippen molar-refractivity contribution in [2.24, 2.45) is 5.73 Å². The lowest BCUT2D eigenvalue weighted by Crippen LogP contribution is -2.20. The first-order valence-electron chi connectivity index (χ1n) is 9.56. The minimum Gasteiger partial charge on any atom is -0.327 e. The summed E-state index contributed by atoms with van der Waals surface area (Å²) in [5.74, 6) is 0.226. The van der Waals surface area contributed by atoms with Crippen molar-refractivity contribution >= 4 is 11.3 Å². The molecule has 0 bridgehead atoms. The van der Waals surface area contributed by atoms with E-state index in [4.69, 9.17) is 5.73 Å². The molecule has 0 saturated heterocycles. The molecular formula is C21H20F2N6OS. The van der Waals surface area contributed by atoms with E-state index in [0.717, 1.165) is 20.9 Å². The average molecular weight is 442 g/mol. The molecule has 3 aromatic heterocycles. The van der Waals surface area contributed by atoms with Gasteiger partial charge in [-0.1, -0.05) is 30.3 Å². The third-order valence-corrected chi connectivity index (χ3v) is 5.92. The third kappa shape index (κ3) is 4.86. The molecule has 160 valence electrons. The highest BCUT2D eigenvalue weighted by atomic mass is 32.1. The number of nitrogens with zero attached hydrogens (tertiary/aromatic N) is 4. The first-order chi connectivity index (χ1) is 15.0. The van der Waals surface area contributed by atoms with Crippen LogP contribution in [0.3, 0.4) is 0 Å². The lowest BCUT2D eigenvalue weighted by Gasteiger charge is -2.05. The quantitative estimate of drug-likeness (QED) is 0.438. The number of aromatic nitrogens is 5. The Balaban J connectivity index is 1.50. The van der Waals surface area contributed by atoms with E-state index in [0.29, 0.717) is 6.54 Å². The standard InChI is InChI=1S/C21H20F2N6OS/c22-20(23)15(9-24)8-19-26-27-21(30)29(19)13-17-6-7-18(31-17)16-10-25-28(12-16)11-14-4-2-1-3-5-14/h1-7,10,12H,8-9,11,13,24H2,(H,27,30). The van der Waals surface area contributed by atoms with Gasteiger partial charge in [-0.3, -0.25) is 9.25 Å². The Morgan fingerprint density at radius 1 is 1.13 bits per heavy atom. The van der Waals surface area contributed by atoms with E-state index in [1.54, 1.807) is 6.20 Å². The van der Waals surface area contributed by atoms with Gasteiger partial charge in [-0.25, -0.2) is 9.89 Å². The molecule has 0 saturated carbocycles. The number of rotatable bonds is 8. The second kappa shape index (κ2) is 9.19. The van der Waals surface area contributed by atoms with Crippen LogP contribution in [0.5, 0.6) is 0 Å². The average Bonchev–Trinajstić information content (AvgIpc) is 3.49. The molecule has 7 nitrogen and oxygen atoms in total. The molecule has 0 unspecified atom stereocenters. The molecule has 4 rings (SSSR count). The van der Waals surface area contributed by atoms with Gasteiger partial charge in [0.15, 0.2) is 0 Å². The van der Waals surface area contributed by atoms with Crippen LogP contribution in [0, 0.1) is 0 Å². The molecule has 1 aromatic carbocycles. The van der Waals surface area contributed by atoms with Crippen LogP contribution in [-0.4, -0.2) is 31.1 Å². The molecule has 0 aliphatic heterocycles. The summed E-state index contributed by atoms with van der Waals surface area (Å²) in [4.78, 5) is 14.0. The molecule has 0 fully saturated rings. The van der Waals surface area contributed by atoms with Gasteiger partial charge in [0, 0.05) is 40.1 Å². The van der Waals surface area contributed by atoms with Gasteiger partial charge in [-0.05, 0) is 17.7 Å². The lowest BCUT2D eigenvalue weighted by atomic mass is 10.2. The first kappa shape index (κ1) is 20.9. The van der Waals surface area contributed by atoms with Gasteiger partial charge in [-0.2, -0.15) is 19.0 Å². The van der Waals surface area contributed by atoms with Crippen LogP contribution in [0.15, 0.2) is 71.3 Å². The second-order valence-corrected chi connectivity index (χ2v) is 8.12. The SMILES string of the molecule is NCC(Cc1n[nH]c(=O)n1Cc1ccc(-c2cnn(Cc3ccccc3)c2)s1)=C(F)F. The number of hydrogen-bond donors (Lipinski definition) is 2. The molecule has 0 aliphatic carbocycles. The van der Waals surface area contributed by atoms with Crippen LogP contribution in [-0.2, 0) is 19.5 Å². The minimum atomic E-state index is -1.84. The van der Waals surface area contributed by atoms with Crippen molar-refractivity contribution in [3.63, 3.8) is 0 Å². The Hall–Kier alpha value is -3.37. The van der Waals surface area contributed by atoms with Crippen molar-refractivity contribution in [3.8, 4) is 10.4 Å². The molecule has 0 radical (unpaired) electrons. The number of nitrogens with two attached hydrogens (primary N) is 1. The fourth-order valence-electron chi connectivity index (χ4n) is 3.18. The highest BCUT2D eigenvalue weighted by molar-refractivity contribution is 7.15. The predicted octanol–water partition coefficient (Wildman–Crippen LogP) is 3.24. The van der Waals surface area contributed by atoms with Gasteiger partial charge in [0.2, 0.25) is 0 Å². The summed E-state index contributed by atoms with van der Waals surface area (Å²) in [7, 11) is 0. The van der Waals surface area contributed by atoms with E-state index in [-0.39, 0.29) is 30.9 Å². The number of hydrogen-bond acceptors (Lipinski definition) is 5. The molecule has 0 aliphatic rings. The molecular weight excluding hydrogens is 422 g/mol. The maximum Gasteiger partial charge on any atom is 0.343 e. The highest BCUT2D eigenvalue weighted by Gasteiger charge is 2.15. The van der Waals surface area contributed by atoms with E-state index in [1.165, 1.54) is 15.9 Å². The predicted molar refractivity (Wildman–Crippen MR) is 115 cm³/mol. The van der Waals surface area contributed by atoms with Gasteiger partial charge >= 0.3 is 5.69 Å². The maximum absolute atomic E-state index is 12.9. The maximum atomic E-state index is 12.9. The molecule has 4 aromatic rings. The molecule has 3 N–H and O–H groups in total. The summed E-state index contributed by atoms with van der Waals surface area (Å²) >= 11 is 1.51. The van der Waals surface area contributed by atoms with Crippen LogP contribution >= 0.6 is 11.3 Å². The Morgan fingerprint density at radius 3 is 2.68 bits per heavy atom. The van der Waals surface area contributed by atoms with Gasteiger partial charge in [0.25, 0.3) is 6.08 Å². The number of benzene rings is 1. The Bertz CT molecular complexity index is 1250. The largest absolute Gasteiger partial charge is 0.343 e. The summed E-state index contributed by atoms with van der Waals surface area (Å²) in [6, 6.07) is 13.9. The number of thiophene rings is 1. The van der Waals surface area contributed by atoms with Gasteiger partial charge < -0.3 is 5.73 Å². The van der Waals surface area contributed by atoms with Crippen molar-refractivity contribution in [3.05, 3.63) is 93.3 Å². The van der Waals surface area contributed by atoms with Crippen molar-refractivity contribution in [2.75, 3.05) is 6.54 Å². The van der Waals surface area contributed by atoms with E-state index in [9.17, 15) is 13.6 Å². The third-order valence-electron chi connectivity index (χ3n) is 4.80. The van der Waals surface area contributed by atoms with E-state index in [1.807, 2.05) is 53.3 Å². The van der Waals surface area contributed by atoms with Crippen molar-refractivity contribution in [2.45, 2.75) is 19.5 Å². The van der Waals surface area contributed by atoms with E-state index < -0.39 is 11.8 Å². The second-order valence-electron chi connectivity index (χ2n) is 6.95. The summed E-state index contributed by atoms with van der Waals surface area (Å²) in [6.07, 6.45) is 1.76. The molecule has 0 atom stereocenters. The normalized spacial score (nSPS) is 11.1. The monoisotopic (exact) mass is 442 g/mol. The molecule has 0 amide bonds. The van der Waals surface area contributed by atoms with Crippen LogP contribution in [0.1, 0.15) is 16.3 Å². The van der Waals surface area contributed by atoms with Gasteiger partial charge in [0.1, 0.15) is 5.82 Å². The summed E-state index contributed by atoms with van der Waals surface area (Å²) < 4.78 is 29.1. The topological polar surface area (TPSA) is 94.5 Å². The van der Waals surface area contributed by atoms with Crippen LogP contribution < -0.4 is 11.4 Å². The summed E-state index contributed by atoms with van der Waals surface area (Å²) in [5, 5.41) is 10.6. The molecule has 31 heavy (non-hydrogen) atoms. The van der Waals surface area contributed by atoms with Gasteiger partial charge in [0.05, 0.1) is 19.3 Å². The zero-order valence-corrected chi connectivity index (χ0v) is 17.3. The van der Waals surface area contributed by atoms with Crippen LogP contribution in [0.2, 0.25) is 0 Å². The van der Waals surface area contributed by atoms with Crippen molar-refractivity contribution in [1.82, 2.24) is 24.5 Å². The minimum absolute atomic E-state index is 0.179. The Kier molecular flexibility index (Phi) is 6.19. The van der Waals surface area contributed by atoms with E-state index in [2.05, 4.69) is 15.3 Å². The smallest absolute Gasteiger partial charge is 0.327 e. The fraction of sp³-hybridized carbons (Fsp3) is 0.190. The Morgan fingerprint density at radius 2 is 1.94 bits per heavy atom. The number of halogens is 2. The molecule has 3 heterocycles. The summed E-state index contributed by atoms with van der Waals surface area (Å²) in [5.41, 5.74) is 6.83. The van der Waals surface area contributed by atoms with Gasteiger partial charge in [-0.15, -0.1) is 11.3 Å². The van der Waals surface area contributed by atoms with Crippen molar-refractivity contribution in [1.29, 1.82) is 0 Å². The molecule has 0 spiro atoms. The highest BCUT2D eigenvalue weighted by Crippen LogP contribution is 2.28. The lowest BCUT2D eigenvalue weighted by molar-refractivity contribution is 0.407.